The van der Waals surface area contributed by atoms with Crippen LogP contribution in [0.15, 0.2) is 91.0 Å². The fourth-order valence-corrected chi connectivity index (χ4v) is 3.11. The van der Waals surface area contributed by atoms with Crippen molar-refractivity contribution in [2.24, 2.45) is 0 Å². The molecule has 0 radical (unpaired) electrons. The summed E-state index contributed by atoms with van der Waals surface area (Å²) in [6, 6.07) is 31.3. The number of H-pyrrole nitrogens is 1. The zero-order valence-corrected chi connectivity index (χ0v) is 14.2. The zero-order valence-electron chi connectivity index (χ0n) is 14.2. The summed E-state index contributed by atoms with van der Waals surface area (Å²) >= 11 is 0. The van der Waals surface area contributed by atoms with Gasteiger partial charge in [0.2, 0.25) is 0 Å². The van der Waals surface area contributed by atoms with Crippen molar-refractivity contribution in [3.05, 3.63) is 102 Å². The number of aromatic amines is 1. The highest BCUT2D eigenvalue weighted by Gasteiger charge is 2.18. The first-order valence-corrected chi connectivity index (χ1v) is 8.58. The third kappa shape index (κ3) is 3.11. The van der Waals surface area contributed by atoms with E-state index >= 15 is 0 Å². The van der Waals surface area contributed by atoms with E-state index in [0.29, 0.717) is 0 Å². The standard InChI is InChI=1S/C23H20N2/c1-17(18-11-5-2-6-12-18)23-24-21(19-13-7-3-8-14-19)22(25-23)20-15-9-4-10-16-20/h2-17H,1H3,(H,24,25)/t17-/m1/s1. The van der Waals surface area contributed by atoms with Gasteiger partial charge in [-0.2, -0.15) is 0 Å². The minimum atomic E-state index is 0.209. The van der Waals surface area contributed by atoms with Crippen LogP contribution in [0.2, 0.25) is 0 Å². The fraction of sp³-hybridized carbons (Fsp3) is 0.0870. The van der Waals surface area contributed by atoms with E-state index in [1.165, 1.54) is 5.56 Å². The maximum Gasteiger partial charge on any atom is 0.114 e. The van der Waals surface area contributed by atoms with Gasteiger partial charge >= 0.3 is 0 Å². The second-order valence-corrected chi connectivity index (χ2v) is 6.21. The summed E-state index contributed by atoms with van der Waals surface area (Å²) in [4.78, 5) is 8.56. The van der Waals surface area contributed by atoms with Crippen LogP contribution in [0.1, 0.15) is 24.2 Å². The highest BCUT2D eigenvalue weighted by molar-refractivity contribution is 5.78. The number of nitrogens with zero attached hydrogens (tertiary/aromatic N) is 1. The Morgan fingerprint density at radius 3 is 1.80 bits per heavy atom. The number of hydrogen-bond donors (Lipinski definition) is 1. The molecule has 0 saturated heterocycles. The molecule has 25 heavy (non-hydrogen) atoms. The van der Waals surface area contributed by atoms with Crippen LogP contribution in [0.4, 0.5) is 0 Å². The van der Waals surface area contributed by atoms with Crippen molar-refractivity contribution in [2.45, 2.75) is 12.8 Å². The molecule has 2 nitrogen and oxygen atoms in total. The highest BCUT2D eigenvalue weighted by Crippen LogP contribution is 2.33. The maximum absolute atomic E-state index is 4.98. The number of rotatable bonds is 4. The first-order chi connectivity index (χ1) is 12.3. The molecule has 4 aromatic rings. The van der Waals surface area contributed by atoms with Gasteiger partial charge in [-0.1, -0.05) is 97.9 Å². The summed E-state index contributed by atoms with van der Waals surface area (Å²) < 4.78 is 0. The molecule has 1 N–H and O–H groups in total. The van der Waals surface area contributed by atoms with Gasteiger partial charge in [0.05, 0.1) is 11.4 Å². The second kappa shape index (κ2) is 6.78. The van der Waals surface area contributed by atoms with Gasteiger partial charge in [-0.15, -0.1) is 0 Å². The molecule has 1 atom stereocenters. The van der Waals surface area contributed by atoms with E-state index in [4.69, 9.17) is 4.98 Å². The van der Waals surface area contributed by atoms with Crippen molar-refractivity contribution in [1.29, 1.82) is 0 Å². The molecule has 0 spiro atoms. The third-order valence-corrected chi connectivity index (χ3v) is 4.54. The first-order valence-electron chi connectivity index (χ1n) is 8.58. The van der Waals surface area contributed by atoms with Crippen LogP contribution in [0, 0.1) is 0 Å². The normalized spacial score (nSPS) is 12.0. The van der Waals surface area contributed by atoms with Crippen LogP contribution in [0.5, 0.6) is 0 Å². The molecule has 0 aliphatic heterocycles. The van der Waals surface area contributed by atoms with Gasteiger partial charge in [-0.05, 0) is 5.56 Å². The van der Waals surface area contributed by atoms with E-state index in [1.807, 2.05) is 18.2 Å². The fourth-order valence-electron chi connectivity index (χ4n) is 3.11. The third-order valence-electron chi connectivity index (χ3n) is 4.54. The van der Waals surface area contributed by atoms with Crippen molar-refractivity contribution in [3.8, 4) is 22.5 Å². The molecule has 4 rings (SSSR count). The molecule has 1 heterocycles. The van der Waals surface area contributed by atoms with Crippen molar-refractivity contribution in [3.63, 3.8) is 0 Å². The lowest BCUT2D eigenvalue weighted by atomic mass is 10.0. The van der Waals surface area contributed by atoms with E-state index in [2.05, 4.69) is 84.7 Å². The van der Waals surface area contributed by atoms with Gasteiger partial charge < -0.3 is 4.98 Å². The number of nitrogens with one attached hydrogen (secondary N) is 1. The Labute approximate surface area is 148 Å². The molecule has 0 unspecified atom stereocenters. The van der Waals surface area contributed by atoms with E-state index in [9.17, 15) is 0 Å². The van der Waals surface area contributed by atoms with E-state index in [0.717, 1.165) is 28.3 Å². The Bertz CT molecular complexity index is 884. The Balaban J connectivity index is 1.84. The molecule has 2 heteroatoms. The molecule has 0 amide bonds. The van der Waals surface area contributed by atoms with Crippen molar-refractivity contribution < 1.29 is 0 Å². The monoisotopic (exact) mass is 324 g/mol. The molecule has 0 fully saturated rings. The number of imidazole rings is 1. The molecule has 0 aliphatic rings. The van der Waals surface area contributed by atoms with Crippen LogP contribution in [-0.4, -0.2) is 9.97 Å². The summed E-state index contributed by atoms with van der Waals surface area (Å²) in [6.45, 7) is 2.19. The topological polar surface area (TPSA) is 28.7 Å². The average Bonchev–Trinajstić information content (AvgIpc) is 3.15. The lowest BCUT2D eigenvalue weighted by Gasteiger charge is -2.08. The molecule has 0 aliphatic carbocycles. The Kier molecular flexibility index (Phi) is 4.17. The van der Waals surface area contributed by atoms with Crippen molar-refractivity contribution in [1.82, 2.24) is 9.97 Å². The summed E-state index contributed by atoms with van der Waals surface area (Å²) in [6.07, 6.45) is 0. The summed E-state index contributed by atoms with van der Waals surface area (Å²) in [5.74, 6) is 1.20. The van der Waals surface area contributed by atoms with Crippen LogP contribution >= 0.6 is 0 Å². The minimum Gasteiger partial charge on any atom is -0.341 e. The predicted molar refractivity (Wildman–Crippen MR) is 103 cm³/mol. The second-order valence-electron chi connectivity index (χ2n) is 6.21. The quantitative estimate of drug-likeness (QED) is 0.498. The molecule has 0 saturated carbocycles. The highest BCUT2D eigenvalue weighted by atomic mass is 14.9. The molecule has 122 valence electrons. The summed E-state index contributed by atoms with van der Waals surface area (Å²) in [7, 11) is 0. The first kappa shape index (κ1) is 15.4. The molecule has 0 bridgehead atoms. The van der Waals surface area contributed by atoms with Crippen LogP contribution < -0.4 is 0 Å². The van der Waals surface area contributed by atoms with Crippen molar-refractivity contribution in [2.75, 3.05) is 0 Å². The largest absolute Gasteiger partial charge is 0.341 e. The Morgan fingerprint density at radius 2 is 1.20 bits per heavy atom. The molecule has 3 aromatic carbocycles. The lowest BCUT2D eigenvalue weighted by Crippen LogP contribution is -1.98. The number of benzene rings is 3. The van der Waals surface area contributed by atoms with Crippen LogP contribution in [-0.2, 0) is 0 Å². The van der Waals surface area contributed by atoms with E-state index < -0.39 is 0 Å². The van der Waals surface area contributed by atoms with Crippen molar-refractivity contribution >= 4 is 0 Å². The minimum absolute atomic E-state index is 0.209. The number of aromatic nitrogens is 2. The number of hydrogen-bond acceptors (Lipinski definition) is 1. The van der Waals surface area contributed by atoms with E-state index in [1.54, 1.807) is 0 Å². The maximum atomic E-state index is 4.98. The summed E-state index contributed by atoms with van der Waals surface area (Å²) in [5.41, 5.74) is 5.62. The Hall–Kier alpha value is -3.13. The molecule has 1 aromatic heterocycles. The van der Waals surface area contributed by atoms with Gasteiger partial charge in [-0.25, -0.2) is 4.98 Å². The van der Waals surface area contributed by atoms with Gasteiger partial charge in [-0.3, -0.25) is 0 Å². The molecular formula is C23H20N2. The van der Waals surface area contributed by atoms with E-state index in [-0.39, 0.29) is 5.92 Å². The average molecular weight is 324 g/mol. The van der Waals surface area contributed by atoms with Gasteiger partial charge in [0.15, 0.2) is 0 Å². The predicted octanol–water partition coefficient (Wildman–Crippen LogP) is 5.90. The smallest absolute Gasteiger partial charge is 0.114 e. The lowest BCUT2D eigenvalue weighted by molar-refractivity contribution is 0.841. The summed E-state index contributed by atoms with van der Waals surface area (Å²) in [5, 5.41) is 0. The zero-order chi connectivity index (χ0) is 17.1. The van der Waals surface area contributed by atoms with Crippen LogP contribution in [0.3, 0.4) is 0 Å². The Morgan fingerprint density at radius 1 is 0.680 bits per heavy atom. The SMILES string of the molecule is C[C@H](c1ccccc1)c1nc(-c2ccccc2)c(-c2ccccc2)[nH]1. The van der Waals surface area contributed by atoms with Gasteiger partial charge in [0, 0.05) is 17.0 Å². The van der Waals surface area contributed by atoms with Crippen LogP contribution in [0.25, 0.3) is 22.5 Å². The van der Waals surface area contributed by atoms with Gasteiger partial charge in [0.1, 0.15) is 5.82 Å². The van der Waals surface area contributed by atoms with Gasteiger partial charge in [0.25, 0.3) is 0 Å². The molecular weight excluding hydrogens is 304 g/mol.